The van der Waals surface area contributed by atoms with E-state index in [1.165, 1.54) is 0 Å². The number of nitrogens with zero attached hydrogens (tertiary/aromatic N) is 1. The quantitative estimate of drug-likeness (QED) is 0.898. The summed E-state index contributed by atoms with van der Waals surface area (Å²) < 4.78 is 0.915. The van der Waals surface area contributed by atoms with E-state index in [0.29, 0.717) is 12.2 Å². The normalized spacial score (nSPS) is 10.7. The Bertz CT molecular complexity index is 507. The van der Waals surface area contributed by atoms with Gasteiger partial charge in [-0.05, 0) is 28.1 Å². The summed E-state index contributed by atoms with van der Waals surface area (Å²) in [6, 6.07) is 5.73. The van der Waals surface area contributed by atoms with E-state index in [0.717, 1.165) is 15.5 Å². The van der Waals surface area contributed by atoms with Crippen LogP contribution in [0.25, 0.3) is 11.0 Å². The molecule has 4 nitrogen and oxygen atoms in total. The second kappa shape index (κ2) is 4.02. The van der Waals surface area contributed by atoms with Gasteiger partial charge in [-0.1, -0.05) is 6.07 Å². The number of para-hydroxylation sites is 1. The van der Waals surface area contributed by atoms with Crippen molar-refractivity contribution < 1.29 is 9.90 Å². The second-order valence-electron chi connectivity index (χ2n) is 3.21. The molecule has 1 aromatic carbocycles. The number of aryl methyl sites for hydroxylation is 1. The van der Waals surface area contributed by atoms with Crippen molar-refractivity contribution in [3.05, 3.63) is 28.5 Å². The van der Waals surface area contributed by atoms with E-state index in [1.807, 2.05) is 18.2 Å². The first kappa shape index (κ1) is 10.2. The molecule has 0 radical (unpaired) electrons. The van der Waals surface area contributed by atoms with Crippen molar-refractivity contribution in [1.29, 1.82) is 0 Å². The maximum Gasteiger partial charge on any atom is 0.303 e. The van der Waals surface area contributed by atoms with Crippen molar-refractivity contribution in [3.63, 3.8) is 0 Å². The third-order valence-electron chi connectivity index (χ3n) is 2.09. The molecule has 2 N–H and O–H groups in total. The molecule has 2 rings (SSSR count). The van der Waals surface area contributed by atoms with Gasteiger partial charge in [-0.15, -0.1) is 0 Å². The van der Waals surface area contributed by atoms with Crippen molar-refractivity contribution >= 4 is 32.9 Å². The zero-order chi connectivity index (χ0) is 10.8. The van der Waals surface area contributed by atoms with E-state index in [-0.39, 0.29) is 6.42 Å². The van der Waals surface area contributed by atoms with Crippen LogP contribution in [0.5, 0.6) is 0 Å². The first-order valence-electron chi connectivity index (χ1n) is 4.52. The molecular weight excluding hydrogens is 260 g/mol. The van der Waals surface area contributed by atoms with Crippen LogP contribution in [0.1, 0.15) is 12.2 Å². The van der Waals surface area contributed by atoms with Crippen molar-refractivity contribution in [3.8, 4) is 0 Å². The highest BCUT2D eigenvalue weighted by molar-refractivity contribution is 9.10. The van der Waals surface area contributed by atoms with Crippen LogP contribution in [-0.4, -0.2) is 21.0 Å². The van der Waals surface area contributed by atoms with Crippen LogP contribution in [0.4, 0.5) is 0 Å². The van der Waals surface area contributed by atoms with Crippen molar-refractivity contribution in [1.82, 2.24) is 9.97 Å². The van der Waals surface area contributed by atoms with Gasteiger partial charge in [0.25, 0.3) is 0 Å². The molecule has 0 saturated carbocycles. The lowest BCUT2D eigenvalue weighted by Gasteiger charge is -1.90. The lowest BCUT2D eigenvalue weighted by molar-refractivity contribution is -0.137. The minimum atomic E-state index is -0.811. The van der Waals surface area contributed by atoms with Crippen LogP contribution in [-0.2, 0) is 11.2 Å². The predicted molar refractivity (Wildman–Crippen MR) is 59.8 cm³/mol. The fourth-order valence-electron chi connectivity index (χ4n) is 1.39. The Hall–Kier alpha value is -1.36. The Morgan fingerprint density at radius 3 is 3.00 bits per heavy atom. The highest BCUT2D eigenvalue weighted by Gasteiger charge is 2.06. The smallest absolute Gasteiger partial charge is 0.303 e. The number of fused-ring (bicyclic) bond motifs is 1. The molecule has 0 unspecified atom stereocenters. The Labute approximate surface area is 94.5 Å². The topological polar surface area (TPSA) is 66.0 Å². The van der Waals surface area contributed by atoms with E-state index in [2.05, 4.69) is 25.9 Å². The monoisotopic (exact) mass is 268 g/mol. The predicted octanol–water partition coefficient (Wildman–Crippen LogP) is 2.34. The van der Waals surface area contributed by atoms with E-state index < -0.39 is 5.97 Å². The molecule has 0 fully saturated rings. The number of nitrogens with one attached hydrogen (secondary N) is 1. The van der Waals surface area contributed by atoms with Crippen molar-refractivity contribution in [2.24, 2.45) is 0 Å². The Morgan fingerprint density at radius 1 is 1.53 bits per heavy atom. The zero-order valence-corrected chi connectivity index (χ0v) is 9.41. The SMILES string of the molecule is O=C(O)CCc1nc2c(Br)cccc2[nH]1. The third kappa shape index (κ3) is 2.18. The maximum atomic E-state index is 10.4. The van der Waals surface area contributed by atoms with Crippen LogP contribution in [0, 0.1) is 0 Å². The average molecular weight is 269 g/mol. The summed E-state index contributed by atoms with van der Waals surface area (Å²) in [5.74, 6) is -0.103. The summed E-state index contributed by atoms with van der Waals surface area (Å²) in [6.45, 7) is 0. The molecule has 15 heavy (non-hydrogen) atoms. The number of benzene rings is 1. The summed E-state index contributed by atoms with van der Waals surface area (Å²) in [5.41, 5.74) is 1.77. The molecule has 0 atom stereocenters. The fourth-order valence-corrected chi connectivity index (χ4v) is 1.85. The molecular formula is C10H9BrN2O2. The largest absolute Gasteiger partial charge is 0.481 e. The fraction of sp³-hybridized carbons (Fsp3) is 0.200. The highest BCUT2D eigenvalue weighted by atomic mass is 79.9. The van der Waals surface area contributed by atoms with Gasteiger partial charge in [-0.3, -0.25) is 4.79 Å². The van der Waals surface area contributed by atoms with Crippen LogP contribution < -0.4 is 0 Å². The summed E-state index contributed by atoms with van der Waals surface area (Å²) in [5, 5.41) is 8.55. The number of aliphatic carboxylic acids is 1. The number of hydrogen-bond acceptors (Lipinski definition) is 2. The van der Waals surface area contributed by atoms with Gasteiger partial charge < -0.3 is 10.1 Å². The van der Waals surface area contributed by atoms with Crippen LogP contribution in [0.3, 0.4) is 0 Å². The molecule has 0 aliphatic rings. The number of rotatable bonds is 3. The summed E-state index contributed by atoms with van der Waals surface area (Å²) in [6.07, 6.45) is 0.522. The van der Waals surface area contributed by atoms with E-state index in [4.69, 9.17) is 5.11 Å². The third-order valence-corrected chi connectivity index (χ3v) is 2.73. The molecule has 0 aliphatic carbocycles. The first-order valence-corrected chi connectivity index (χ1v) is 5.31. The average Bonchev–Trinajstić information content (AvgIpc) is 2.59. The number of aromatic nitrogens is 2. The standard InChI is InChI=1S/C10H9BrN2O2/c11-6-2-1-3-7-10(6)13-8(12-7)4-5-9(14)15/h1-3H,4-5H2,(H,12,13)(H,14,15). The number of carboxylic acid groups (broad SMARTS) is 1. The van der Waals surface area contributed by atoms with E-state index in [1.54, 1.807) is 0 Å². The Morgan fingerprint density at radius 2 is 2.33 bits per heavy atom. The number of carboxylic acids is 1. The molecule has 1 heterocycles. The molecule has 0 amide bonds. The second-order valence-corrected chi connectivity index (χ2v) is 4.07. The molecule has 1 aromatic heterocycles. The zero-order valence-electron chi connectivity index (χ0n) is 7.83. The van der Waals surface area contributed by atoms with Gasteiger partial charge >= 0.3 is 5.97 Å². The number of carbonyl (C=O) groups is 1. The van der Waals surface area contributed by atoms with Gasteiger partial charge in [0, 0.05) is 10.9 Å². The lowest BCUT2D eigenvalue weighted by Crippen LogP contribution is -1.98. The van der Waals surface area contributed by atoms with Crippen LogP contribution >= 0.6 is 15.9 Å². The molecule has 0 bridgehead atoms. The molecule has 2 aromatic rings. The van der Waals surface area contributed by atoms with Gasteiger partial charge in [0.05, 0.1) is 11.9 Å². The van der Waals surface area contributed by atoms with E-state index in [9.17, 15) is 4.79 Å². The molecule has 0 saturated heterocycles. The molecule has 0 aliphatic heterocycles. The number of aromatic amines is 1. The van der Waals surface area contributed by atoms with Crippen LogP contribution in [0.15, 0.2) is 22.7 Å². The summed E-state index contributed by atoms with van der Waals surface area (Å²) in [4.78, 5) is 17.8. The lowest BCUT2D eigenvalue weighted by atomic mass is 10.3. The van der Waals surface area contributed by atoms with Crippen molar-refractivity contribution in [2.45, 2.75) is 12.8 Å². The minimum absolute atomic E-state index is 0.0947. The molecule has 5 heteroatoms. The molecule has 78 valence electrons. The number of halogens is 1. The van der Waals surface area contributed by atoms with Crippen molar-refractivity contribution in [2.75, 3.05) is 0 Å². The summed E-state index contributed by atoms with van der Waals surface area (Å²) in [7, 11) is 0. The molecule has 0 spiro atoms. The van der Waals surface area contributed by atoms with Crippen LogP contribution in [0.2, 0.25) is 0 Å². The maximum absolute atomic E-state index is 10.4. The Balaban J connectivity index is 2.31. The minimum Gasteiger partial charge on any atom is -0.481 e. The van der Waals surface area contributed by atoms with Gasteiger partial charge in [-0.25, -0.2) is 4.98 Å². The van der Waals surface area contributed by atoms with Gasteiger partial charge in [0.1, 0.15) is 11.3 Å². The van der Waals surface area contributed by atoms with E-state index >= 15 is 0 Å². The van der Waals surface area contributed by atoms with Gasteiger partial charge in [0.15, 0.2) is 0 Å². The van der Waals surface area contributed by atoms with Gasteiger partial charge in [0.2, 0.25) is 0 Å². The Kier molecular flexibility index (Phi) is 2.73. The van der Waals surface area contributed by atoms with Gasteiger partial charge in [-0.2, -0.15) is 0 Å². The number of H-pyrrole nitrogens is 1. The number of imidazole rings is 1. The number of hydrogen-bond donors (Lipinski definition) is 2. The first-order chi connectivity index (χ1) is 7.16. The highest BCUT2D eigenvalue weighted by Crippen LogP contribution is 2.21. The summed E-state index contributed by atoms with van der Waals surface area (Å²) >= 11 is 3.39.